The molecule has 6 nitrogen and oxygen atoms in total. The minimum absolute atomic E-state index is 0.100. The molecule has 0 saturated carbocycles. The number of H-pyrrole nitrogens is 1. The molecule has 7 heteroatoms. The van der Waals surface area contributed by atoms with Crippen molar-refractivity contribution >= 4 is 17.2 Å². The van der Waals surface area contributed by atoms with Crippen LogP contribution in [0.25, 0.3) is 0 Å². The Morgan fingerprint density at radius 2 is 2.18 bits per heavy atom. The van der Waals surface area contributed by atoms with Gasteiger partial charge in [0.15, 0.2) is 5.69 Å². The van der Waals surface area contributed by atoms with E-state index in [1.807, 2.05) is 16.5 Å². The Labute approximate surface area is 133 Å². The van der Waals surface area contributed by atoms with Gasteiger partial charge in [0.2, 0.25) is 0 Å². The summed E-state index contributed by atoms with van der Waals surface area (Å²) in [5.74, 6) is 0.100. The highest BCUT2D eigenvalue weighted by atomic mass is 32.1. The third-order valence-electron chi connectivity index (χ3n) is 4.45. The molecule has 0 unspecified atom stereocenters. The van der Waals surface area contributed by atoms with Crippen LogP contribution in [0.2, 0.25) is 0 Å². The molecule has 116 valence electrons. The first-order chi connectivity index (χ1) is 10.8. The fourth-order valence-electron chi connectivity index (χ4n) is 3.28. The van der Waals surface area contributed by atoms with E-state index < -0.39 is 0 Å². The molecule has 2 aliphatic rings. The third-order valence-corrected chi connectivity index (χ3v) is 5.22. The van der Waals surface area contributed by atoms with Crippen molar-refractivity contribution in [1.29, 1.82) is 0 Å². The lowest BCUT2D eigenvalue weighted by molar-refractivity contribution is 0.0785. The maximum Gasteiger partial charge on any atom is 0.274 e. The zero-order valence-corrected chi connectivity index (χ0v) is 13.2. The van der Waals surface area contributed by atoms with Gasteiger partial charge in [-0.1, -0.05) is 0 Å². The Bertz CT molecular complexity index is 660. The van der Waals surface area contributed by atoms with Gasteiger partial charge in [-0.15, -0.1) is 11.3 Å². The second-order valence-corrected chi connectivity index (χ2v) is 6.89. The molecule has 2 aromatic rings. The number of aromatic nitrogens is 3. The van der Waals surface area contributed by atoms with Gasteiger partial charge in [-0.2, -0.15) is 5.10 Å². The van der Waals surface area contributed by atoms with E-state index in [0.717, 1.165) is 68.3 Å². The molecule has 0 radical (unpaired) electrons. The Morgan fingerprint density at radius 1 is 1.32 bits per heavy atom. The highest BCUT2D eigenvalue weighted by Gasteiger charge is 2.29. The fourth-order valence-corrected chi connectivity index (χ4v) is 3.94. The van der Waals surface area contributed by atoms with Gasteiger partial charge >= 0.3 is 0 Å². The van der Waals surface area contributed by atoms with Crippen molar-refractivity contribution in [3.63, 3.8) is 0 Å². The highest BCUT2D eigenvalue weighted by Crippen LogP contribution is 2.24. The second-order valence-electron chi connectivity index (χ2n) is 5.92. The molecule has 1 fully saturated rings. The van der Waals surface area contributed by atoms with E-state index in [2.05, 4.69) is 20.1 Å². The average Bonchev–Trinajstić information content (AvgIpc) is 3.28. The van der Waals surface area contributed by atoms with E-state index in [1.54, 1.807) is 11.3 Å². The van der Waals surface area contributed by atoms with Crippen LogP contribution in [-0.2, 0) is 19.5 Å². The lowest BCUT2D eigenvalue weighted by atomic mass is 10.0. The van der Waals surface area contributed by atoms with Crippen LogP contribution in [-0.4, -0.2) is 50.5 Å². The summed E-state index contributed by atoms with van der Waals surface area (Å²) in [4.78, 5) is 21.2. The van der Waals surface area contributed by atoms with Crippen LogP contribution in [0.15, 0.2) is 11.6 Å². The molecule has 0 bridgehead atoms. The number of carbonyl (C=O) groups is 1. The molecule has 0 aliphatic carbocycles. The molecule has 0 spiro atoms. The molecule has 0 atom stereocenters. The lowest BCUT2D eigenvalue weighted by Gasteiger charge is -2.26. The van der Waals surface area contributed by atoms with Gasteiger partial charge in [0.1, 0.15) is 5.01 Å². The van der Waals surface area contributed by atoms with E-state index in [0.29, 0.717) is 5.69 Å². The van der Waals surface area contributed by atoms with Gasteiger partial charge in [0.25, 0.3) is 5.91 Å². The number of hydrogen-bond donors (Lipinski definition) is 1. The van der Waals surface area contributed by atoms with Crippen molar-refractivity contribution < 1.29 is 4.79 Å². The number of nitrogens with zero attached hydrogens (tertiary/aromatic N) is 4. The van der Waals surface area contributed by atoms with Crippen molar-refractivity contribution in [3.05, 3.63) is 33.5 Å². The van der Waals surface area contributed by atoms with Gasteiger partial charge in [-0.3, -0.25) is 14.8 Å². The number of thiazole rings is 1. The van der Waals surface area contributed by atoms with Crippen molar-refractivity contribution in [1.82, 2.24) is 25.0 Å². The summed E-state index contributed by atoms with van der Waals surface area (Å²) in [7, 11) is 0. The first-order valence-electron chi connectivity index (χ1n) is 7.77. The van der Waals surface area contributed by atoms with Gasteiger partial charge in [0.05, 0.1) is 12.2 Å². The normalized spacial score (nSPS) is 18.6. The minimum atomic E-state index is 0.100. The molecule has 1 amide bonds. The Hall–Kier alpha value is -1.73. The van der Waals surface area contributed by atoms with Crippen molar-refractivity contribution in [3.8, 4) is 0 Å². The number of aromatic amines is 1. The van der Waals surface area contributed by atoms with Crippen molar-refractivity contribution in [2.75, 3.05) is 19.6 Å². The summed E-state index contributed by atoms with van der Waals surface area (Å²) in [6.45, 7) is 4.38. The number of likely N-dealkylation sites (tertiary alicyclic amines) is 1. The third kappa shape index (κ3) is 2.55. The first kappa shape index (κ1) is 13.9. The number of amides is 1. The van der Waals surface area contributed by atoms with Gasteiger partial charge in [-0.05, 0) is 19.3 Å². The number of fused-ring (bicyclic) bond motifs is 1. The summed E-state index contributed by atoms with van der Waals surface area (Å²) in [6, 6.07) is 0. The molecular weight excluding hydrogens is 298 g/mol. The van der Waals surface area contributed by atoms with Gasteiger partial charge in [0, 0.05) is 43.3 Å². The van der Waals surface area contributed by atoms with Crippen LogP contribution in [0.1, 0.15) is 39.6 Å². The zero-order valence-electron chi connectivity index (χ0n) is 12.4. The Balaban J connectivity index is 1.48. The van der Waals surface area contributed by atoms with Crippen molar-refractivity contribution in [2.24, 2.45) is 0 Å². The van der Waals surface area contributed by atoms with E-state index in [1.165, 1.54) is 0 Å². The summed E-state index contributed by atoms with van der Waals surface area (Å²) in [5.41, 5.74) is 2.85. The summed E-state index contributed by atoms with van der Waals surface area (Å²) in [5, 5.41) is 10.5. The van der Waals surface area contributed by atoms with Gasteiger partial charge in [-0.25, -0.2) is 4.98 Å². The minimum Gasteiger partial charge on any atom is -0.337 e. The molecule has 1 saturated heterocycles. The quantitative estimate of drug-likeness (QED) is 0.935. The van der Waals surface area contributed by atoms with Crippen molar-refractivity contribution in [2.45, 2.75) is 32.4 Å². The largest absolute Gasteiger partial charge is 0.337 e. The summed E-state index contributed by atoms with van der Waals surface area (Å²) in [6.07, 6.45) is 4.95. The molecular formula is C15H19N5OS. The van der Waals surface area contributed by atoms with E-state index in [-0.39, 0.29) is 5.91 Å². The van der Waals surface area contributed by atoms with E-state index in [4.69, 9.17) is 0 Å². The number of hydrogen-bond acceptors (Lipinski definition) is 5. The molecule has 2 aromatic heterocycles. The molecule has 4 heterocycles. The smallest absolute Gasteiger partial charge is 0.274 e. The van der Waals surface area contributed by atoms with Crippen LogP contribution in [0.4, 0.5) is 0 Å². The summed E-state index contributed by atoms with van der Waals surface area (Å²) < 4.78 is 0. The van der Waals surface area contributed by atoms with Crippen LogP contribution in [0, 0.1) is 0 Å². The highest BCUT2D eigenvalue weighted by molar-refractivity contribution is 7.09. The fraction of sp³-hybridized carbons (Fsp3) is 0.533. The van der Waals surface area contributed by atoms with Crippen LogP contribution < -0.4 is 0 Å². The molecule has 1 N–H and O–H groups in total. The molecule has 2 aliphatic heterocycles. The number of carbonyl (C=O) groups excluding carboxylic acids is 1. The predicted molar refractivity (Wildman–Crippen MR) is 83.7 cm³/mol. The Kier molecular flexibility index (Phi) is 3.67. The van der Waals surface area contributed by atoms with Crippen LogP contribution >= 0.6 is 11.3 Å². The standard InChI is InChI=1S/C15H19N5OS/c21-15(20-5-1-2-6-20)14-11-3-7-19(9-12(11)17-18-14)10-13-16-4-8-22-13/h4,8H,1-3,5-7,9-10H2,(H,17,18). The first-order valence-corrected chi connectivity index (χ1v) is 8.65. The van der Waals surface area contributed by atoms with Crippen LogP contribution in [0.5, 0.6) is 0 Å². The van der Waals surface area contributed by atoms with Crippen LogP contribution in [0.3, 0.4) is 0 Å². The topological polar surface area (TPSA) is 65.1 Å². The lowest BCUT2D eigenvalue weighted by Crippen LogP contribution is -2.32. The van der Waals surface area contributed by atoms with Gasteiger partial charge < -0.3 is 4.90 Å². The number of nitrogens with one attached hydrogen (secondary N) is 1. The number of rotatable bonds is 3. The maximum absolute atomic E-state index is 12.5. The summed E-state index contributed by atoms with van der Waals surface area (Å²) >= 11 is 1.69. The predicted octanol–water partition coefficient (Wildman–Crippen LogP) is 1.66. The maximum atomic E-state index is 12.5. The van der Waals surface area contributed by atoms with E-state index in [9.17, 15) is 4.79 Å². The SMILES string of the molecule is O=C(c1n[nH]c2c1CCN(Cc1nccs1)C2)N1CCCC1. The molecule has 22 heavy (non-hydrogen) atoms. The second kappa shape index (κ2) is 5.81. The monoisotopic (exact) mass is 317 g/mol. The van der Waals surface area contributed by atoms with E-state index >= 15 is 0 Å². The zero-order chi connectivity index (χ0) is 14.9. The molecule has 0 aromatic carbocycles. The Morgan fingerprint density at radius 3 is 2.95 bits per heavy atom. The average molecular weight is 317 g/mol. The molecule has 4 rings (SSSR count).